The van der Waals surface area contributed by atoms with E-state index in [9.17, 15) is 0 Å². The molecule has 62 valence electrons. The molecular weight excluding hydrogens is 204 g/mol. The van der Waals surface area contributed by atoms with Crippen LogP contribution in [0.2, 0.25) is 10.0 Å². The predicted molar refractivity (Wildman–Crippen MR) is 51.6 cm³/mol. The molecule has 0 bridgehead atoms. The molecule has 0 heterocycles. The first-order valence-corrected chi connectivity index (χ1v) is 3.63. The van der Waals surface area contributed by atoms with Crippen LogP contribution in [0, 0.1) is 0 Å². The number of benzene rings is 1. The summed E-state index contributed by atoms with van der Waals surface area (Å²) in [5.74, 6) is 0. The smallest absolute Gasteiger partial charge is 0.0465 e. The first-order chi connectivity index (χ1) is 4.74. The maximum atomic E-state index is 5.77. The van der Waals surface area contributed by atoms with E-state index in [1.165, 1.54) is 0 Å². The average molecular weight is 213 g/mol. The molecule has 1 nitrogen and oxygen atoms in total. The van der Waals surface area contributed by atoms with Gasteiger partial charge in [0.1, 0.15) is 0 Å². The Hall–Kier alpha value is 0.0500. The van der Waals surface area contributed by atoms with Gasteiger partial charge in [0.25, 0.3) is 0 Å². The Morgan fingerprint density at radius 1 is 1.27 bits per heavy atom. The van der Waals surface area contributed by atoms with E-state index in [2.05, 4.69) is 0 Å². The highest BCUT2D eigenvalue weighted by Crippen LogP contribution is 2.19. The maximum Gasteiger partial charge on any atom is 0.0465 e. The van der Waals surface area contributed by atoms with Gasteiger partial charge in [-0.2, -0.15) is 0 Å². The van der Waals surface area contributed by atoms with E-state index in [-0.39, 0.29) is 12.4 Å². The summed E-state index contributed by atoms with van der Waals surface area (Å²) in [7, 11) is 0. The van der Waals surface area contributed by atoms with E-state index < -0.39 is 0 Å². The molecule has 0 saturated carbocycles. The Morgan fingerprint density at radius 2 is 1.91 bits per heavy atom. The van der Waals surface area contributed by atoms with Crippen LogP contribution in [-0.4, -0.2) is 0 Å². The predicted octanol–water partition coefficient (Wildman–Crippen LogP) is 2.87. The molecule has 4 heteroatoms. The van der Waals surface area contributed by atoms with Gasteiger partial charge in [0, 0.05) is 16.6 Å². The van der Waals surface area contributed by atoms with Crippen LogP contribution in [0.1, 0.15) is 5.56 Å². The van der Waals surface area contributed by atoms with E-state index in [1.807, 2.05) is 6.07 Å². The molecule has 0 radical (unpaired) electrons. The highest BCUT2D eigenvalue weighted by Gasteiger charge is 1.96. The second-order valence-electron chi connectivity index (χ2n) is 1.94. The fourth-order valence-electron chi connectivity index (χ4n) is 0.687. The van der Waals surface area contributed by atoms with Crippen molar-refractivity contribution in [1.82, 2.24) is 0 Å². The highest BCUT2D eigenvalue weighted by atomic mass is 35.5. The molecule has 1 aromatic rings. The molecule has 0 unspecified atom stereocenters. The lowest BCUT2D eigenvalue weighted by Gasteiger charge is -1.98. The van der Waals surface area contributed by atoms with Gasteiger partial charge in [0.15, 0.2) is 0 Å². The monoisotopic (exact) mass is 211 g/mol. The summed E-state index contributed by atoms with van der Waals surface area (Å²) in [4.78, 5) is 0. The van der Waals surface area contributed by atoms with E-state index in [4.69, 9.17) is 28.9 Å². The molecule has 0 aromatic heterocycles. The highest BCUT2D eigenvalue weighted by molar-refractivity contribution is 6.35. The lowest BCUT2D eigenvalue weighted by Crippen LogP contribution is -1.96. The third-order valence-corrected chi connectivity index (χ3v) is 1.82. The summed E-state index contributed by atoms with van der Waals surface area (Å²) in [6.45, 7) is 0.454. The minimum atomic E-state index is 0. The third kappa shape index (κ3) is 2.88. The molecule has 1 aromatic carbocycles. The van der Waals surface area contributed by atoms with Gasteiger partial charge in [-0.15, -0.1) is 12.4 Å². The number of halogens is 3. The molecule has 0 atom stereocenters. The van der Waals surface area contributed by atoms with Crippen molar-refractivity contribution in [2.75, 3.05) is 0 Å². The second kappa shape index (κ2) is 4.83. The lowest BCUT2D eigenvalue weighted by molar-refractivity contribution is 1.07. The molecule has 2 N–H and O–H groups in total. The van der Waals surface area contributed by atoms with Crippen molar-refractivity contribution in [3.05, 3.63) is 33.8 Å². The first-order valence-electron chi connectivity index (χ1n) is 2.88. The summed E-state index contributed by atoms with van der Waals surface area (Å²) in [5, 5.41) is 1.28. The molecular formula is C7H8Cl3N. The topological polar surface area (TPSA) is 26.0 Å². The van der Waals surface area contributed by atoms with E-state index in [1.54, 1.807) is 12.1 Å². The van der Waals surface area contributed by atoms with Crippen molar-refractivity contribution < 1.29 is 0 Å². The van der Waals surface area contributed by atoms with Crippen molar-refractivity contribution in [3.63, 3.8) is 0 Å². The quantitative estimate of drug-likeness (QED) is 0.761. The maximum absolute atomic E-state index is 5.77. The zero-order chi connectivity index (χ0) is 7.56. The van der Waals surface area contributed by atoms with Crippen LogP contribution < -0.4 is 5.73 Å². The van der Waals surface area contributed by atoms with Crippen LogP contribution in [0.3, 0.4) is 0 Å². The van der Waals surface area contributed by atoms with E-state index in [0.717, 1.165) is 5.56 Å². The standard InChI is InChI=1S/C7H7Cl2N.ClH/c8-6-2-1-5(4-10)7(9)3-6;/h1-3H,4,10H2;1H. The number of rotatable bonds is 1. The van der Waals surface area contributed by atoms with E-state index >= 15 is 0 Å². The Kier molecular flexibility index (Phi) is 4.86. The zero-order valence-corrected chi connectivity index (χ0v) is 8.01. The minimum absolute atomic E-state index is 0. The second-order valence-corrected chi connectivity index (χ2v) is 2.78. The van der Waals surface area contributed by atoms with Crippen LogP contribution >= 0.6 is 35.6 Å². The summed E-state index contributed by atoms with van der Waals surface area (Å²) < 4.78 is 0. The Morgan fingerprint density at radius 3 is 2.36 bits per heavy atom. The minimum Gasteiger partial charge on any atom is -0.326 e. The number of hydrogen-bond donors (Lipinski definition) is 1. The van der Waals surface area contributed by atoms with Gasteiger partial charge >= 0.3 is 0 Å². The molecule has 0 saturated heterocycles. The van der Waals surface area contributed by atoms with Gasteiger partial charge in [0.2, 0.25) is 0 Å². The molecule has 0 fully saturated rings. The van der Waals surface area contributed by atoms with Gasteiger partial charge in [-0.05, 0) is 17.7 Å². The Bertz CT molecular complexity index is 237. The Labute approximate surface area is 81.9 Å². The summed E-state index contributed by atoms with van der Waals surface area (Å²) >= 11 is 11.4. The van der Waals surface area contributed by atoms with Crippen molar-refractivity contribution >= 4 is 35.6 Å². The van der Waals surface area contributed by atoms with Crippen molar-refractivity contribution in [2.24, 2.45) is 5.73 Å². The largest absolute Gasteiger partial charge is 0.326 e. The van der Waals surface area contributed by atoms with Gasteiger partial charge in [-0.3, -0.25) is 0 Å². The van der Waals surface area contributed by atoms with Crippen molar-refractivity contribution in [1.29, 1.82) is 0 Å². The van der Waals surface area contributed by atoms with E-state index in [0.29, 0.717) is 16.6 Å². The molecule has 1 rings (SSSR count). The molecule has 0 aliphatic carbocycles. The van der Waals surface area contributed by atoms with Gasteiger partial charge < -0.3 is 5.73 Å². The van der Waals surface area contributed by atoms with Crippen molar-refractivity contribution in [2.45, 2.75) is 6.54 Å². The van der Waals surface area contributed by atoms with Crippen molar-refractivity contribution in [3.8, 4) is 0 Å². The summed E-state index contributed by atoms with van der Waals surface area (Å²) in [5.41, 5.74) is 6.30. The molecule has 0 aliphatic heterocycles. The van der Waals surface area contributed by atoms with Crippen LogP contribution in [0.15, 0.2) is 18.2 Å². The normalized spacial score (nSPS) is 9.00. The Balaban J connectivity index is 0.000001000. The van der Waals surface area contributed by atoms with Crippen LogP contribution in [0.25, 0.3) is 0 Å². The fraction of sp³-hybridized carbons (Fsp3) is 0.143. The van der Waals surface area contributed by atoms with Crippen LogP contribution in [0.5, 0.6) is 0 Å². The molecule has 0 aliphatic rings. The van der Waals surface area contributed by atoms with Gasteiger partial charge in [-0.25, -0.2) is 0 Å². The van der Waals surface area contributed by atoms with Gasteiger partial charge in [0.05, 0.1) is 0 Å². The first kappa shape index (κ1) is 11.1. The lowest BCUT2D eigenvalue weighted by atomic mass is 10.2. The molecule has 0 spiro atoms. The van der Waals surface area contributed by atoms with Crippen LogP contribution in [-0.2, 0) is 6.54 Å². The number of nitrogens with two attached hydrogens (primary N) is 1. The molecule has 0 amide bonds. The number of hydrogen-bond acceptors (Lipinski definition) is 1. The summed E-state index contributed by atoms with van der Waals surface area (Å²) in [6, 6.07) is 5.28. The SMILES string of the molecule is Cl.NCc1ccc(Cl)cc1Cl. The average Bonchev–Trinajstić information content (AvgIpc) is 1.88. The van der Waals surface area contributed by atoms with Gasteiger partial charge in [-0.1, -0.05) is 29.3 Å². The summed E-state index contributed by atoms with van der Waals surface area (Å²) in [6.07, 6.45) is 0. The molecule has 11 heavy (non-hydrogen) atoms. The third-order valence-electron chi connectivity index (χ3n) is 1.24. The van der Waals surface area contributed by atoms with Crippen LogP contribution in [0.4, 0.5) is 0 Å². The zero-order valence-electron chi connectivity index (χ0n) is 5.68. The fourth-order valence-corrected chi connectivity index (χ4v) is 1.17.